The maximum atomic E-state index is 12.3. The van der Waals surface area contributed by atoms with Crippen molar-refractivity contribution in [3.63, 3.8) is 0 Å². The van der Waals surface area contributed by atoms with Crippen LogP contribution >= 0.6 is 11.6 Å². The maximum Gasteiger partial charge on any atom is 0.160 e. The lowest BCUT2D eigenvalue weighted by Crippen LogP contribution is -2.49. The molecule has 6 heteroatoms. The highest BCUT2D eigenvalue weighted by molar-refractivity contribution is 6.30. The highest BCUT2D eigenvalue weighted by atomic mass is 35.5. The molecule has 0 saturated carbocycles. The number of halogens is 1. The van der Waals surface area contributed by atoms with Gasteiger partial charge in [0, 0.05) is 48.3 Å². The Morgan fingerprint density at radius 2 is 1.96 bits per heavy atom. The van der Waals surface area contributed by atoms with Crippen LogP contribution in [-0.2, 0) is 0 Å². The molecule has 1 fully saturated rings. The maximum absolute atomic E-state index is 12.3. The highest BCUT2D eigenvalue weighted by Crippen LogP contribution is 2.33. The molecule has 0 aliphatic carbocycles. The van der Waals surface area contributed by atoms with Crippen LogP contribution in [0, 0.1) is 0 Å². The molecule has 1 aliphatic heterocycles. The molecule has 0 N–H and O–H groups in total. The van der Waals surface area contributed by atoms with E-state index in [0.717, 1.165) is 47.3 Å². The van der Waals surface area contributed by atoms with Crippen LogP contribution in [0.1, 0.15) is 28.9 Å². The van der Waals surface area contributed by atoms with Crippen molar-refractivity contribution < 1.29 is 4.79 Å². The second-order valence-electron chi connectivity index (χ2n) is 6.84. The van der Waals surface area contributed by atoms with E-state index in [1.165, 1.54) is 0 Å². The molecule has 2 heterocycles. The molecular weight excluding hydrogens is 372 g/mol. The molecule has 3 aromatic rings. The van der Waals surface area contributed by atoms with Crippen molar-refractivity contribution in [1.29, 1.82) is 0 Å². The molecule has 1 aromatic heterocycles. The molecule has 1 saturated heterocycles. The standard InChI is InChI=1S/C22H21ClN4O/c1-16(28)19-7-2-3-8-20(19)21-15-26(18-6-4-5-17(23)13-18)11-12-27(21)22-14-24-9-10-25-22/h2-10,13-14,21H,11-12,15H2,1H3. The van der Waals surface area contributed by atoms with E-state index in [4.69, 9.17) is 11.6 Å². The summed E-state index contributed by atoms with van der Waals surface area (Å²) in [7, 11) is 0. The van der Waals surface area contributed by atoms with Gasteiger partial charge in [-0.2, -0.15) is 0 Å². The van der Waals surface area contributed by atoms with Crippen molar-refractivity contribution in [3.8, 4) is 0 Å². The number of hydrogen-bond acceptors (Lipinski definition) is 5. The minimum atomic E-state index is -0.0236. The molecular formula is C22H21ClN4O. The molecule has 0 radical (unpaired) electrons. The van der Waals surface area contributed by atoms with Crippen LogP contribution in [0.25, 0.3) is 0 Å². The average Bonchev–Trinajstić information content (AvgIpc) is 2.74. The Morgan fingerprint density at radius 1 is 1.11 bits per heavy atom. The van der Waals surface area contributed by atoms with Crippen molar-refractivity contribution in [2.45, 2.75) is 13.0 Å². The Kier molecular flexibility index (Phi) is 5.26. The number of aromatic nitrogens is 2. The van der Waals surface area contributed by atoms with Gasteiger partial charge in [0.1, 0.15) is 5.82 Å². The number of benzene rings is 2. The van der Waals surface area contributed by atoms with Gasteiger partial charge in [-0.3, -0.25) is 9.78 Å². The van der Waals surface area contributed by atoms with E-state index in [2.05, 4.69) is 25.8 Å². The average molecular weight is 393 g/mol. The fourth-order valence-corrected chi connectivity index (χ4v) is 3.96. The molecule has 5 nitrogen and oxygen atoms in total. The van der Waals surface area contributed by atoms with Crippen LogP contribution in [-0.4, -0.2) is 35.4 Å². The van der Waals surface area contributed by atoms with Crippen molar-refractivity contribution in [1.82, 2.24) is 9.97 Å². The first-order valence-electron chi connectivity index (χ1n) is 9.26. The molecule has 0 bridgehead atoms. The summed E-state index contributed by atoms with van der Waals surface area (Å²) < 4.78 is 0. The summed E-state index contributed by atoms with van der Waals surface area (Å²) in [6.45, 7) is 3.93. The van der Waals surface area contributed by atoms with Crippen molar-refractivity contribution in [2.24, 2.45) is 0 Å². The molecule has 1 atom stereocenters. The zero-order valence-corrected chi connectivity index (χ0v) is 16.4. The molecule has 1 aliphatic rings. The van der Waals surface area contributed by atoms with Gasteiger partial charge in [-0.05, 0) is 30.7 Å². The largest absolute Gasteiger partial charge is 0.367 e. The molecule has 142 valence electrons. The number of rotatable bonds is 4. The third-order valence-electron chi connectivity index (χ3n) is 5.10. The summed E-state index contributed by atoms with van der Waals surface area (Å²) in [4.78, 5) is 25.5. The Morgan fingerprint density at radius 3 is 2.71 bits per heavy atom. The Labute approximate surface area is 169 Å². The van der Waals surface area contributed by atoms with Crippen LogP contribution in [0.4, 0.5) is 11.5 Å². The van der Waals surface area contributed by atoms with E-state index >= 15 is 0 Å². The number of ketones is 1. The quantitative estimate of drug-likeness (QED) is 0.616. The van der Waals surface area contributed by atoms with E-state index in [-0.39, 0.29) is 11.8 Å². The summed E-state index contributed by atoms with van der Waals surface area (Å²) in [5.74, 6) is 0.881. The normalized spacial score (nSPS) is 16.9. The topological polar surface area (TPSA) is 49.3 Å². The first-order chi connectivity index (χ1) is 13.6. The van der Waals surface area contributed by atoms with Crippen molar-refractivity contribution in [2.75, 3.05) is 29.4 Å². The van der Waals surface area contributed by atoms with E-state index in [1.807, 2.05) is 42.5 Å². The van der Waals surface area contributed by atoms with Gasteiger partial charge in [0.25, 0.3) is 0 Å². The second-order valence-corrected chi connectivity index (χ2v) is 7.28. The van der Waals surface area contributed by atoms with Gasteiger partial charge in [0.2, 0.25) is 0 Å². The number of nitrogens with zero attached hydrogens (tertiary/aromatic N) is 4. The summed E-state index contributed by atoms with van der Waals surface area (Å²) >= 11 is 6.21. The molecule has 28 heavy (non-hydrogen) atoms. The first-order valence-corrected chi connectivity index (χ1v) is 9.64. The molecule has 2 aromatic carbocycles. The van der Waals surface area contributed by atoms with Gasteiger partial charge in [0.15, 0.2) is 5.78 Å². The summed E-state index contributed by atoms with van der Waals surface area (Å²) in [5, 5.41) is 0.717. The Bertz CT molecular complexity index is 979. The zero-order chi connectivity index (χ0) is 19.5. The highest BCUT2D eigenvalue weighted by Gasteiger charge is 2.31. The Balaban J connectivity index is 1.75. The lowest BCUT2D eigenvalue weighted by atomic mass is 9.94. The summed E-state index contributed by atoms with van der Waals surface area (Å²) in [6, 6.07) is 15.7. The molecule has 0 amide bonds. The van der Waals surface area contributed by atoms with Crippen LogP contribution in [0.5, 0.6) is 0 Å². The van der Waals surface area contributed by atoms with Crippen LogP contribution < -0.4 is 9.80 Å². The van der Waals surface area contributed by atoms with E-state index in [9.17, 15) is 4.79 Å². The SMILES string of the molecule is CC(=O)c1ccccc1C1CN(c2cccc(Cl)c2)CCN1c1cnccn1. The third kappa shape index (κ3) is 3.71. The van der Waals surface area contributed by atoms with E-state index in [0.29, 0.717) is 0 Å². The minimum absolute atomic E-state index is 0.0236. The number of carbonyl (C=O) groups excluding carboxylic acids is 1. The van der Waals surface area contributed by atoms with E-state index in [1.54, 1.807) is 25.5 Å². The zero-order valence-electron chi connectivity index (χ0n) is 15.6. The molecule has 4 rings (SSSR count). The van der Waals surface area contributed by atoms with Crippen LogP contribution in [0.15, 0.2) is 67.1 Å². The lowest BCUT2D eigenvalue weighted by molar-refractivity contribution is 0.101. The smallest absolute Gasteiger partial charge is 0.160 e. The number of carbonyl (C=O) groups is 1. The minimum Gasteiger partial charge on any atom is -0.367 e. The van der Waals surface area contributed by atoms with Gasteiger partial charge >= 0.3 is 0 Å². The predicted octanol–water partition coefficient (Wildman–Crippen LogP) is 4.40. The van der Waals surface area contributed by atoms with Crippen molar-refractivity contribution in [3.05, 3.63) is 83.3 Å². The number of anilines is 2. The van der Waals surface area contributed by atoms with Gasteiger partial charge in [-0.1, -0.05) is 41.9 Å². The predicted molar refractivity (Wildman–Crippen MR) is 112 cm³/mol. The number of hydrogen-bond donors (Lipinski definition) is 0. The number of piperazine rings is 1. The summed E-state index contributed by atoms with van der Waals surface area (Å²) in [5.41, 5.74) is 2.83. The van der Waals surface area contributed by atoms with Crippen LogP contribution in [0.2, 0.25) is 5.02 Å². The van der Waals surface area contributed by atoms with Gasteiger partial charge in [0.05, 0.1) is 12.2 Å². The Hall–Kier alpha value is -2.92. The van der Waals surface area contributed by atoms with E-state index < -0.39 is 0 Å². The second kappa shape index (κ2) is 7.98. The van der Waals surface area contributed by atoms with Gasteiger partial charge < -0.3 is 9.80 Å². The first kappa shape index (κ1) is 18.4. The van der Waals surface area contributed by atoms with Crippen molar-refractivity contribution >= 4 is 28.9 Å². The fraction of sp³-hybridized carbons (Fsp3) is 0.227. The molecule has 1 unspecified atom stereocenters. The summed E-state index contributed by atoms with van der Waals surface area (Å²) in [6.07, 6.45) is 5.15. The molecule has 0 spiro atoms. The van der Waals surface area contributed by atoms with Gasteiger partial charge in [-0.25, -0.2) is 4.98 Å². The number of Topliss-reactive ketones (excluding diaryl/α,β-unsaturated/α-hetero) is 1. The third-order valence-corrected chi connectivity index (χ3v) is 5.33. The lowest BCUT2D eigenvalue weighted by Gasteiger charge is -2.43. The van der Waals surface area contributed by atoms with Gasteiger partial charge in [-0.15, -0.1) is 0 Å². The van der Waals surface area contributed by atoms with Crippen LogP contribution in [0.3, 0.4) is 0 Å². The fourth-order valence-electron chi connectivity index (χ4n) is 3.78. The monoisotopic (exact) mass is 392 g/mol.